The van der Waals surface area contributed by atoms with E-state index >= 15 is 0 Å². The van der Waals surface area contributed by atoms with Gasteiger partial charge in [0.05, 0.1) is 17.3 Å². The first-order chi connectivity index (χ1) is 7.31. The minimum Gasteiger partial charge on any atom is -0.479 e. The molecule has 2 rings (SSSR count). The van der Waals surface area contributed by atoms with E-state index in [9.17, 15) is 0 Å². The van der Waals surface area contributed by atoms with E-state index in [0.717, 1.165) is 15.7 Å². The molecule has 0 aromatic carbocycles. The number of halogens is 1. The molecule has 0 radical (unpaired) electrons. The molecule has 0 spiro atoms. The molecule has 2 aromatic rings. The number of hydrogen-bond donors (Lipinski definition) is 0. The lowest BCUT2D eigenvalue weighted by atomic mass is 10.2. The molecule has 2 aromatic heterocycles. The third kappa shape index (κ3) is 2.12. The first kappa shape index (κ1) is 10.0. The summed E-state index contributed by atoms with van der Waals surface area (Å²) < 4.78 is 5.78. The van der Waals surface area contributed by atoms with Crippen molar-refractivity contribution in [2.45, 2.75) is 0 Å². The lowest BCUT2D eigenvalue weighted by molar-refractivity contribution is 0.389. The summed E-state index contributed by atoms with van der Waals surface area (Å²) >= 11 is 3.36. The molecule has 0 N–H and O–H groups in total. The van der Waals surface area contributed by atoms with Crippen LogP contribution in [0.15, 0.2) is 35.1 Å². The molecule has 15 heavy (non-hydrogen) atoms. The van der Waals surface area contributed by atoms with E-state index in [0.29, 0.717) is 5.88 Å². The molecule has 4 nitrogen and oxygen atoms in total. The molecule has 0 saturated heterocycles. The van der Waals surface area contributed by atoms with Crippen LogP contribution in [0.25, 0.3) is 11.3 Å². The SMILES string of the molecule is COc1nnc(-c2cccnc2)cc1Br. The van der Waals surface area contributed by atoms with Gasteiger partial charge in [-0.2, -0.15) is 0 Å². The third-order valence-electron chi connectivity index (χ3n) is 1.87. The zero-order valence-electron chi connectivity index (χ0n) is 8.01. The van der Waals surface area contributed by atoms with Crippen molar-refractivity contribution in [2.75, 3.05) is 7.11 Å². The van der Waals surface area contributed by atoms with Crippen molar-refractivity contribution >= 4 is 15.9 Å². The Labute approximate surface area is 95.5 Å². The molecule has 0 aliphatic rings. The van der Waals surface area contributed by atoms with Crippen LogP contribution in [-0.2, 0) is 0 Å². The van der Waals surface area contributed by atoms with E-state index in [-0.39, 0.29) is 0 Å². The molecule has 76 valence electrons. The molecule has 0 saturated carbocycles. The molecular formula is C10H8BrN3O. The van der Waals surface area contributed by atoms with Crippen LogP contribution >= 0.6 is 15.9 Å². The van der Waals surface area contributed by atoms with Gasteiger partial charge in [0.15, 0.2) is 0 Å². The van der Waals surface area contributed by atoms with Crippen molar-refractivity contribution in [1.29, 1.82) is 0 Å². The number of pyridine rings is 1. The number of ether oxygens (including phenoxy) is 1. The lowest BCUT2D eigenvalue weighted by Crippen LogP contribution is -1.94. The largest absolute Gasteiger partial charge is 0.479 e. The van der Waals surface area contributed by atoms with Crippen molar-refractivity contribution < 1.29 is 4.74 Å². The van der Waals surface area contributed by atoms with Crippen molar-refractivity contribution in [3.05, 3.63) is 35.1 Å². The molecule has 0 atom stereocenters. The Morgan fingerprint density at radius 3 is 2.80 bits per heavy atom. The number of methoxy groups -OCH3 is 1. The minimum absolute atomic E-state index is 0.475. The van der Waals surface area contributed by atoms with Crippen LogP contribution in [0.3, 0.4) is 0 Å². The number of rotatable bonds is 2. The van der Waals surface area contributed by atoms with Gasteiger partial charge in [-0.1, -0.05) is 0 Å². The maximum atomic E-state index is 5.00. The summed E-state index contributed by atoms with van der Waals surface area (Å²) in [6.45, 7) is 0. The average Bonchev–Trinajstić information content (AvgIpc) is 2.30. The quantitative estimate of drug-likeness (QED) is 0.836. The Bertz CT molecular complexity index is 461. The highest BCUT2D eigenvalue weighted by molar-refractivity contribution is 9.10. The maximum Gasteiger partial charge on any atom is 0.247 e. The highest BCUT2D eigenvalue weighted by atomic mass is 79.9. The second kappa shape index (κ2) is 4.35. The standard InChI is InChI=1S/C10H8BrN3O/c1-15-10-8(11)5-9(13-14-10)7-3-2-4-12-6-7/h2-6H,1H3. The Kier molecular flexibility index (Phi) is 2.91. The van der Waals surface area contributed by atoms with Crippen LogP contribution in [0, 0.1) is 0 Å². The van der Waals surface area contributed by atoms with E-state index in [1.54, 1.807) is 19.5 Å². The fourth-order valence-electron chi connectivity index (χ4n) is 1.15. The fraction of sp³-hybridized carbons (Fsp3) is 0.100. The first-order valence-electron chi connectivity index (χ1n) is 4.29. The number of aromatic nitrogens is 3. The molecule has 5 heteroatoms. The fourth-order valence-corrected chi connectivity index (χ4v) is 1.61. The lowest BCUT2D eigenvalue weighted by Gasteiger charge is -2.03. The second-order valence-corrected chi connectivity index (χ2v) is 3.68. The van der Waals surface area contributed by atoms with Crippen LogP contribution in [0.2, 0.25) is 0 Å². The van der Waals surface area contributed by atoms with E-state index in [1.807, 2.05) is 18.2 Å². The van der Waals surface area contributed by atoms with Crippen LogP contribution in [0.4, 0.5) is 0 Å². The summed E-state index contributed by atoms with van der Waals surface area (Å²) in [5, 5.41) is 7.96. The van der Waals surface area contributed by atoms with Gasteiger partial charge in [-0.15, -0.1) is 10.2 Å². The normalized spacial score (nSPS) is 10.0. The van der Waals surface area contributed by atoms with Gasteiger partial charge < -0.3 is 4.74 Å². The van der Waals surface area contributed by atoms with Crippen molar-refractivity contribution in [1.82, 2.24) is 15.2 Å². The summed E-state index contributed by atoms with van der Waals surface area (Å²) in [6.07, 6.45) is 3.46. The second-order valence-electron chi connectivity index (χ2n) is 2.83. The summed E-state index contributed by atoms with van der Waals surface area (Å²) in [7, 11) is 1.55. The molecule has 0 fully saturated rings. The van der Waals surface area contributed by atoms with Crippen LogP contribution < -0.4 is 4.74 Å². The van der Waals surface area contributed by atoms with Gasteiger partial charge in [-0.3, -0.25) is 4.98 Å². The average molecular weight is 266 g/mol. The highest BCUT2D eigenvalue weighted by Gasteiger charge is 2.06. The van der Waals surface area contributed by atoms with Gasteiger partial charge in [-0.25, -0.2) is 0 Å². The van der Waals surface area contributed by atoms with E-state index in [4.69, 9.17) is 4.74 Å². The summed E-state index contributed by atoms with van der Waals surface area (Å²) in [4.78, 5) is 4.02. The summed E-state index contributed by atoms with van der Waals surface area (Å²) in [5.41, 5.74) is 1.68. The van der Waals surface area contributed by atoms with Gasteiger partial charge in [0.1, 0.15) is 0 Å². The molecule has 0 unspecified atom stereocenters. The van der Waals surface area contributed by atoms with Gasteiger partial charge in [-0.05, 0) is 34.1 Å². The van der Waals surface area contributed by atoms with Crippen molar-refractivity contribution in [3.8, 4) is 17.1 Å². The van der Waals surface area contributed by atoms with Crippen LogP contribution in [0.1, 0.15) is 0 Å². The maximum absolute atomic E-state index is 5.00. The van der Waals surface area contributed by atoms with Crippen molar-refractivity contribution in [3.63, 3.8) is 0 Å². The molecule has 0 aliphatic heterocycles. The van der Waals surface area contributed by atoms with Gasteiger partial charge in [0.2, 0.25) is 5.88 Å². The van der Waals surface area contributed by atoms with Gasteiger partial charge in [0, 0.05) is 18.0 Å². The molecule has 0 aliphatic carbocycles. The monoisotopic (exact) mass is 265 g/mol. The van der Waals surface area contributed by atoms with Crippen LogP contribution in [-0.4, -0.2) is 22.3 Å². The van der Waals surface area contributed by atoms with Crippen LogP contribution in [0.5, 0.6) is 5.88 Å². The Morgan fingerprint density at radius 1 is 1.33 bits per heavy atom. The summed E-state index contributed by atoms with van der Waals surface area (Å²) in [6, 6.07) is 5.63. The zero-order valence-corrected chi connectivity index (χ0v) is 9.60. The zero-order chi connectivity index (χ0) is 10.7. The molecular weight excluding hydrogens is 258 g/mol. The number of nitrogens with zero attached hydrogens (tertiary/aromatic N) is 3. The summed E-state index contributed by atoms with van der Waals surface area (Å²) in [5.74, 6) is 0.475. The van der Waals surface area contributed by atoms with Gasteiger partial charge >= 0.3 is 0 Å². The highest BCUT2D eigenvalue weighted by Crippen LogP contribution is 2.25. The molecule has 0 amide bonds. The molecule has 0 bridgehead atoms. The predicted molar refractivity (Wildman–Crippen MR) is 59.5 cm³/mol. The van der Waals surface area contributed by atoms with Crippen molar-refractivity contribution in [2.24, 2.45) is 0 Å². The van der Waals surface area contributed by atoms with E-state index in [1.165, 1.54) is 0 Å². The Morgan fingerprint density at radius 2 is 2.20 bits per heavy atom. The topological polar surface area (TPSA) is 47.9 Å². The predicted octanol–water partition coefficient (Wildman–Crippen LogP) is 2.31. The minimum atomic E-state index is 0.475. The Hall–Kier alpha value is -1.49. The van der Waals surface area contributed by atoms with E-state index in [2.05, 4.69) is 31.1 Å². The van der Waals surface area contributed by atoms with E-state index < -0.39 is 0 Å². The van der Waals surface area contributed by atoms with Gasteiger partial charge in [0.25, 0.3) is 0 Å². The third-order valence-corrected chi connectivity index (χ3v) is 2.44. The Balaban J connectivity index is 2.43. The smallest absolute Gasteiger partial charge is 0.247 e. The number of hydrogen-bond acceptors (Lipinski definition) is 4. The molecule has 2 heterocycles. The first-order valence-corrected chi connectivity index (χ1v) is 5.08.